The number of carbonyl (C=O) groups is 5. The number of ether oxygens (including phenoxy) is 5. The minimum Gasteiger partial charge on any atom is -0.460 e. The van der Waals surface area contributed by atoms with E-state index in [0.29, 0.717) is 5.56 Å². The normalized spacial score (nSPS) is 12.5. The van der Waals surface area contributed by atoms with Gasteiger partial charge in [-0.05, 0) is 65.3 Å². The second-order valence-corrected chi connectivity index (χ2v) is 9.48. The van der Waals surface area contributed by atoms with Crippen LogP contribution in [0.3, 0.4) is 0 Å². The lowest BCUT2D eigenvalue weighted by Crippen LogP contribution is -2.37. The van der Waals surface area contributed by atoms with Crippen LogP contribution in [0.2, 0.25) is 0 Å². The van der Waals surface area contributed by atoms with Gasteiger partial charge in [0.05, 0.1) is 6.42 Å². The topological polar surface area (TPSA) is 132 Å². The van der Waals surface area contributed by atoms with Crippen LogP contribution in [0.5, 0.6) is 11.5 Å². The molecule has 0 aliphatic carbocycles. The molecule has 0 fully saturated rings. The SMILES string of the molecule is CC(=O)Oc1ccc(/C=C/C(=O)O[C@@H](CC(=O)OC(C)(C)C)C(=O)OC(C)(C)C)cc1OC(C)=O. The Labute approximate surface area is 204 Å². The van der Waals surface area contributed by atoms with Gasteiger partial charge < -0.3 is 23.7 Å². The van der Waals surface area contributed by atoms with Crippen molar-refractivity contribution in [1.29, 1.82) is 0 Å². The van der Waals surface area contributed by atoms with E-state index in [2.05, 4.69) is 0 Å². The van der Waals surface area contributed by atoms with Crippen LogP contribution in [-0.4, -0.2) is 47.2 Å². The number of benzene rings is 1. The van der Waals surface area contributed by atoms with E-state index in [1.807, 2.05) is 0 Å². The zero-order chi connectivity index (χ0) is 27.0. The van der Waals surface area contributed by atoms with Crippen molar-refractivity contribution >= 4 is 35.9 Å². The van der Waals surface area contributed by atoms with Crippen LogP contribution >= 0.6 is 0 Å². The van der Waals surface area contributed by atoms with Gasteiger partial charge >= 0.3 is 29.8 Å². The van der Waals surface area contributed by atoms with Gasteiger partial charge in [-0.3, -0.25) is 14.4 Å². The lowest BCUT2D eigenvalue weighted by atomic mass is 10.1. The first-order valence-electron chi connectivity index (χ1n) is 10.8. The average Bonchev–Trinajstić information content (AvgIpc) is 2.64. The zero-order valence-corrected chi connectivity index (χ0v) is 21.3. The molecular formula is C25H32O10. The van der Waals surface area contributed by atoms with E-state index in [0.717, 1.165) is 6.08 Å². The quantitative estimate of drug-likeness (QED) is 0.230. The summed E-state index contributed by atoms with van der Waals surface area (Å²) in [4.78, 5) is 59.7. The molecule has 0 amide bonds. The highest BCUT2D eigenvalue weighted by Gasteiger charge is 2.32. The summed E-state index contributed by atoms with van der Waals surface area (Å²) in [6.07, 6.45) is 0.292. The van der Waals surface area contributed by atoms with Gasteiger partial charge in [0.2, 0.25) is 6.10 Å². The molecule has 0 aliphatic rings. The van der Waals surface area contributed by atoms with Crippen LogP contribution in [0, 0.1) is 0 Å². The molecule has 1 atom stereocenters. The number of carbonyl (C=O) groups excluding carboxylic acids is 5. The standard InChI is InChI=1S/C25H32O10/c1-15(26)31-18-11-9-17(13-19(18)32-16(2)27)10-12-21(28)33-20(23(30)35-25(6,7)8)14-22(29)34-24(3,4)5/h9-13,20H,14H2,1-8H3/b12-10+/t20-/m0/s1. The predicted molar refractivity (Wildman–Crippen MR) is 124 cm³/mol. The number of hydrogen-bond acceptors (Lipinski definition) is 10. The Morgan fingerprint density at radius 2 is 1.37 bits per heavy atom. The molecule has 10 nitrogen and oxygen atoms in total. The van der Waals surface area contributed by atoms with Crippen LogP contribution in [0.1, 0.15) is 67.4 Å². The van der Waals surface area contributed by atoms with Crippen LogP contribution in [-0.2, 0) is 38.2 Å². The summed E-state index contributed by atoms with van der Waals surface area (Å²) in [7, 11) is 0. The molecule has 10 heteroatoms. The lowest BCUT2D eigenvalue weighted by molar-refractivity contribution is -0.179. The number of rotatable bonds is 8. The smallest absolute Gasteiger partial charge is 0.348 e. The van der Waals surface area contributed by atoms with Gasteiger partial charge in [0.15, 0.2) is 11.5 Å². The summed E-state index contributed by atoms with van der Waals surface area (Å²) < 4.78 is 25.7. The molecule has 0 spiro atoms. The third-order valence-electron chi connectivity index (χ3n) is 3.59. The van der Waals surface area contributed by atoms with E-state index >= 15 is 0 Å². The van der Waals surface area contributed by atoms with Gasteiger partial charge in [-0.25, -0.2) is 9.59 Å². The van der Waals surface area contributed by atoms with Gasteiger partial charge in [0.1, 0.15) is 11.2 Å². The fourth-order valence-electron chi connectivity index (χ4n) is 2.52. The Morgan fingerprint density at radius 3 is 1.89 bits per heavy atom. The first-order valence-corrected chi connectivity index (χ1v) is 10.8. The summed E-state index contributed by atoms with van der Waals surface area (Å²) in [5.41, 5.74) is -1.27. The Hall–Kier alpha value is -3.69. The Morgan fingerprint density at radius 1 is 0.829 bits per heavy atom. The molecule has 0 saturated heterocycles. The zero-order valence-electron chi connectivity index (χ0n) is 21.3. The van der Waals surface area contributed by atoms with E-state index in [4.69, 9.17) is 23.7 Å². The maximum Gasteiger partial charge on any atom is 0.348 e. The maximum atomic E-state index is 12.5. The molecule has 1 aromatic rings. The predicted octanol–water partition coefficient (Wildman–Crippen LogP) is 3.54. The van der Waals surface area contributed by atoms with Gasteiger partial charge in [0, 0.05) is 19.9 Å². The average molecular weight is 493 g/mol. The first-order chi connectivity index (χ1) is 15.9. The van der Waals surface area contributed by atoms with Crippen molar-refractivity contribution < 1.29 is 47.7 Å². The van der Waals surface area contributed by atoms with Gasteiger partial charge in [-0.1, -0.05) is 6.07 Å². The van der Waals surface area contributed by atoms with Crippen molar-refractivity contribution in [2.45, 2.75) is 79.1 Å². The number of esters is 5. The molecule has 0 radical (unpaired) electrons. The lowest BCUT2D eigenvalue weighted by Gasteiger charge is -2.25. The minimum atomic E-state index is -1.52. The molecule has 1 rings (SSSR count). The Balaban J connectivity index is 3.05. The van der Waals surface area contributed by atoms with Crippen LogP contribution < -0.4 is 9.47 Å². The summed E-state index contributed by atoms with van der Waals surface area (Å²) in [5.74, 6) is -3.81. The fraction of sp³-hybridized carbons (Fsp3) is 0.480. The van der Waals surface area contributed by atoms with Crippen LogP contribution in [0.4, 0.5) is 0 Å². The van der Waals surface area contributed by atoms with Gasteiger partial charge in [-0.2, -0.15) is 0 Å². The summed E-state index contributed by atoms with van der Waals surface area (Å²) in [5, 5.41) is 0. The highest BCUT2D eigenvalue weighted by molar-refractivity contribution is 5.91. The molecule has 0 unspecified atom stereocenters. The van der Waals surface area contributed by atoms with Crippen LogP contribution in [0.15, 0.2) is 24.3 Å². The van der Waals surface area contributed by atoms with Crippen molar-refractivity contribution in [3.05, 3.63) is 29.8 Å². The van der Waals surface area contributed by atoms with Crippen molar-refractivity contribution in [2.75, 3.05) is 0 Å². The van der Waals surface area contributed by atoms with Crippen molar-refractivity contribution in [1.82, 2.24) is 0 Å². The Kier molecular flexibility index (Phi) is 10.2. The highest BCUT2D eigenvalue weighted by Crippen LogP contribution is 2.29. The highest BCUT2D eigenvalue weighted by atomic mass is 16.6. The third kappa shape index (κ3) is 12.4. The molecule has 0 aliphatic heterocycles. The first kappa shape index (κ1) is 29.3. The van der Waals surface area contributed by atoms with E-state index in [1.54, 1.807) is 41.5 Å². The maximum absolute atomic E-state index is 12.5. The molecule has 0 saturated carbocycles. The van der Waals surface area contributed by atoms with Gasteiger partial charge in [0.25, 0.3) is 0 Å². The second-order valence-electron chi connectivity index (χ2n) is 9.48. The van der Waals surface area contributed by atoms with Crippen LogP contribution in [0.25, 0.3) is 6.08 Å². The summed E-state index contributed by atoms with van der Waals surface area (Å²) in [6, 6.07) is 4.26. The number of hydrogen-bond donors (Lipinski definition) is 0. The second kappa shape index (κ2) is 12.1. The van der Waals surface area contributed by atoms with E-state index in [1.165, 1.54) is 38.1 Å². The molecule has 1 aromatic carbocycles. The third-order valence-corrected chi connectivity index (χ3v) is 3.59. The van der Waals surface area contributed by atoms with Crippen molar-refractivity contribution in [3.8, 4) is 11.5 Å². The van der Waals surface area contributed by atoms with Gasteiger partial charge in [-0.15, -0.1) is 0 Å². The van der Waals surface area contributed by atoms with Crippen molar-refractivity contribution in [2.24, 2.45) is 0 Å². The molecule has 0 heterocycles. The fourth-order valence-corrected chi connectivity index (χ4v) is 2.52. The molecule has 0 aromatic heterocycles. The van der Waals surface area contributed by atoms with Crippen molar-refractivity contribution in [3.63, 3.8) is 0 Å². The molecule has 35 heavy (non-hydrogen) atoms. The monoisotopic (exact) mass is 492 g/mol. The summed E-state index contributed by atoms with van der Waals surface area (Å²) in [6.45, 7) is 12.3. The summed E-state index contributed by atoms with van der Waals surface area (Å²) >= 11 is 0. The van der Waals surface area contributed by atoms with E-state index in [9.17, 15) is 24.0 Å². The molecule has 0 bridgehead atoms. The molecule has 192 valence electrons. The molecule has 0 N–H and O–H groups in total. The minimum absolute atomic E-state index is 0.0229. The van der Waals surface area contributed by atoms with E-state index < -0.39 is 53.6 Å². The molecular weight excluding hydrogens is 460 g/mol. The Bertz CT molecular complexity index is 992. The van der Waals surface area contributed by atoms with E-state index in [-0.39, 0.29) is 11.5 Å². The largest absolute Gasteiger partial charge is 0.460 e.